The van der Waals surface area contributed by atoms with Gasteiger partial charge in [0.1, 0.15) is 15.6 Å². The summed E-state index contributed by atoms with van der Waals surface area (Å²) in [6.45, 7) is 11.8. The van der Waals surface area contributed by atoms with Crippen LogP contribution in [0.1, 0.15) is 63.9 Å². The second kappa shape index (κ2) is 12.3. The van der Waals surface area contributed by atoms with E-state index in [9.17, 15) is 9.59 Å². The maximum Gasteiger partial charge on any atom is 0.410 e. The van der Waals surface area contributed by atoms with Crippen molar-refractivity contribution in [1.29, 1.82) is 0 Å². The molecule has 1 unspecified atom stereocenters. The van der Waals surface area contributed by atoms with Crippen LogP contribution in [0.25, 0.3) is 31.9 Å². The zero-order valence-corrected chi connectivity index (χ0v) is 25.9. The Balaban J connectivity index is 1.51. The van der Waals surface area contributed by atoms with E-state index < -0.39 is 5.60 Å². The van der Waals surface area contributed by atoms with Crippen LogP contribution < -0.4 is 10.6 Å². The summed E-state index contributed by atoms with van der Waals surface area (Å²) in [6, 6.07) is 10.1. The molecule has 3 aromatic heterocycles. The summed E-state index contributed by atoms with van der Waals surface area (Å²) in [5.74, 6) is -0.0359. The van der Waals surface area contributed by atoms with Gasteiger partial charge in [-0.25, -0.2) is 9.78 Å². The van der Waals surface area contributed by atoms with Gasteiger partial charge in [-0.15, -0.1) is 22.7 Å². The number of nitrogens with one attached hydrogen (secondary N) is 2. The molecule has 1 atom stereocenters. The standard InChI is InChI=1S/C31H37N5O3S2/c1-6-13-32-16-11-25(37)35-29-26(22-12-17-36(19(2)27(22)41-29)30(38)39-31(3,4)5)28-34-23-18-21(7-8-24(23)40-28)20-9-14-33-15-10-20/h7-10,14-15,18-19,32H,6,11-13,16-17H2,1-5H3,(H,35,37). The molecule has 41 heavy (non-hydrogen) atoms. The third-order valence-corrected chi connectivity index (χ3v) is 9.31. The molecule has 0 saturated heterocycles. The highest BCUT2D eigenvalue weighted by atomic mass is 32.1. The van der Waals surface area contributed by atoms with Gasteiger partial charge in [0.2, 0.25) is 5.91 Å². The number of rotatable bonds is 8. The third-order valence-electron chi connectivity index (χ3n) is 6.94. The monoisotopic (exact) mass is 591 g/mol. The molecule has 8 nitrogen and oxygen atoms in total. The fourth-order valence-corrected chi connectivity index (χ4v) is 7.39. The lowest BCUT2D eigenvalue weighted by molar-refractivity contribution is -0.116. The molecule has 0 spiro atoms. The van der Waals surface area contributed by atoms with Gasteiger partial charge in [0.15, 0.2) is 0 Å². The molecule has 4 aromatic rings. The van der Waals surface area contributed by atoms with Crippen molar-refractivity contribution in [2.75, 3.05) is 25.0 Å². The Hall–Kier alpha value is -3.34. The number of aromatic nitrogens is 2. The fourth-order valence-electron chi connectivity index (χ4n) is 4.97. The van der Waals surface area contributed by atoms with Gasteiger partial charge in [-0.3, -0.25) is 9.78 Å². The predicted molar refractivity (Wildman–Crippen MR) is 168 cm³/mol. The molecule has 1 aliphatic rings. The summed E-state index contributed by atoms with van der Waals surface area (Å²) in [5.41, 5.74) is 4.64. The molecular weight excluding hydrogens is 555 g/mol. The molecule has 1 aliphatic heterocycles. The van der Waals surface area contributed by atoms with Gasteiger partial charge in [0.25, 0.3) is 0 Å². The lowest BCUT2D eigenvalue weighted by atomic mass is 9.98. The number of carbonyl (C=O) groups is 2. The molecule has 2 N–H and O–H groups in total. The van der Waals surface area contributed by atoms with Crippen LogP contribution in [0.3, 0.4) is 0 Å². The van der Waals surface area contributed by atoms with Crippen molar-refractivity contribution in [2.45, 2.75) is 65.5 Å². The number of ether oxygens (including phenoxy) is 1. The molecule has 2 amide bonds. The van der Waals surface area contributed by atoms with Crippen molar-refractivity contribution in [3.05, 3.63) is 53.2 Å². The number of nitrogens with zero attached hydrogens (tertiary/aromatic N) is 3. The highest BCUT2D eigenvalue weighted by molar-refractivity contribution is 7.23. The number of hydrogen-bond donors (Lipinski definition) is 2. The zero-order chi connectivity index (χ0) is 29.1. The van der Waals surface area contributed by atoms with Gasteiger partial charge in [-0.05, 0) is 88.0 Å². The van der Waals surface area contributed by atoms with Crippen molar-refractivity contribution in [1.82, 2.24) is 20.2 Å². The number of anilines is 1. The number of fused-ring (bicyclic) bond motifs is 2. The first-order chi connectivity index (χ1) is 19.6. The minimum absolute atomic E-state index is 0.0359. The second-order valence-corrected chi connectivity index (χ2v) is 13.3. The molecule has 0 aliphatic carbocycles. The fraction of sp³-hybridized carbons (Fsp3) is 0.419. The van der Waals surface area contributed by atoms with E-state index in [0.717, 1.165) is 60.3 Å². The van der Waals surface area contributed by atoms with E-state index in [0.29, 0.717) is 25.9 Å². The van der Waals surface area contributed by atoms with Gasteiger partial charge >= 0.3 is 6.09 Å². The van der Waals surface area contributed by atoms with Crippen molar-refractivity contribution < 1.29 is 14.3 Å². The van der Waals surface area contributed by atoms with E-state index in [2.05, 4.69) is 40.7 Å². The van der Waals surface area contributed by atoms with Gasteiger partial charge < -0.3 is 20.3 Å². The lowest BCUT2D eigenvalue weighted by Gasteiger charge is -2.35. The number of amides is 2. The van der Waals surface area contributed by atoms with Crippen molar-refractivity contribution in [3.8, 4) is 21.7 Å². The molecule has 0 fully saturated rings. The van der Waals surface area contributed by atoms with Crippen molar-refractivity contribution in [3.63, 3.8) is 0 Å². The highest BCUT2D eigenvalue weighted by Crippen LogP contribution is 2.49. The van der Waals surface area contributed by atoms with Gasteiger partial charge in [0, 0.05) is 42.3 Å². The van der Waals surface area contributed by atoms with Crippen LogP contribution in [-0.2, 0) is 16.0 Å². The average Bonchev–Trinajstić information content (AvgIpc) is 3.51. The number of pyridine rings is 1. The van der Waals surface area contributed by atoms with Crippen LogP contribution in [0, 0.1) is 0 Å². The minimum atomic E-state index is -0.571. The maximum atomic E-state index is 13.0. The molecular formula is C31H37N5O3S2. The summed E-state index contributed by atoms with van der Waals surface area (Å²) in [4.78, 5) is 38.1. The molecule has 10 heteroatoms. The van der Waals surface area contributed by atoms with E-state index in [-0.39, 0.29) is 18.0 Å². The van der Waals surface area contributed by atoms with Crippen LogP contribution in [0.15, 0.2) is 42.7 Å². The smallest absolute Gasteiger partial charge is 0.410 e. The molecule has 5 rings (SSSR count). The summed E-state index contributed by atoms with van der Waals surface area (Å²) in [5, 5.41) is 8.16. The zero-order valence-electron chi connectivity index (χ0n) is 24.2. The predicted octanol–water partition coefficient (Wildman–Crippen LogP) is 7.27. The Labute approximate surface area is 249 Å². The van der Waals surface area contributed by atoms with E-state index in [4.69, 9.17) is 9.72 Å². The van der Waals surface area contributed by atoms with Crippen LogP contribution in [0.4, 0.5) is 9.80 Å². The summed E-state index contributed by atoms with van der Waals surface area (Å²) >= 11 is 3.17. The highest BCUT2D eigenvalue weighted by Gasteiger charge is 2.36. The lowest BCUT2D eigenvalue weighted by Crippen LogP contribution is -2.41. The first-order valence-corrected chi connectivity index (χ1v) is 15.7. The quantitative estimate of drug-likeness (QED) is 0.209. The van der Waals surface area contributed by atoms with Crippen LogP contribution in [0.2, 0.25) is 0 Å². The van der Waals surface area contributed by atoms with Crippen LogP contribution in [-0.4, -0.2) is 52.1 Å². The molecule has 1 aromatic carbocycles. The van der Waals surface area contributed by atoms with E-state index in [1.807, 2.05) is 39.8 Å². The normalized spacial score (nSPS) is 15.1. The van der Waals surface area contributed by atoms with Crippen LogP contribution in [0.5, 0.6) is 0 Å². The molecule has 0 radical (unpaired) electrons. The first-order valence-electron chi connectivity index (χ1n) is 14.1. The Morgan fingerprint density at radius 1 is 1.10 bits per heavy atom. The molecule has 4 heterocycles. The van der Waals surface area contributed by atoms with Gasteiger partial charge in [0.05, 0.1) is 16.3 Å². The third kappa shape index (κ3) is 6.60. The summed E-state index contributed by atoms with van der Waals surface area (Å²) in [7, 11) is 0. The molecule has 0 saturated carbocycles. The topological polar surface area (TPSA) is 96.5 Å². The maximum absolute atomic E-state index is 13.0. The van der Waals surface area contributed by atoms with E-state index >= 15 is 0 Å². The number of thiazole rings is 1. The number of benzene rings is 1. The SMILES string of the molecule is CCCNCCC(=O)Nc1sc2c(c1-c1nc3cc(-c4ccncc4)ccc3s1)CCN(C(=O)OC(C)(C)C)C2C. The Morgan fingerprint density at radius 2 is 1.88 bits per heavy atom. The Kier molecular flexibility index (Phi) is 8.72. The van der Waals surface area contributed by atoms with Gasteiger partial charge in [-0.1, -0.05) is 13.0 Å². The van der Waals surface area contributed by atoms with Gasteiger partial charge in [-0.2, -0.15) is 0 Å². The molecule has 216 valence electrons. The number of thiophene rings is 1. The van der Waals surface area contributed by atoms with Crippen LogP contribution >= 0.6 is 22.7 Å². The first kappa shape index (κ1) is 29.2. The average molecular weight is 592 g/mol. The van der Waals surface area contributed by atoms with E-state index in [1.54, 1.807) is 40.0 Å². The van der Waals surface area contributed by atoms with Crippen molar-refractivity contribution in [2.24, 2.45) is 0 Å². The minimum Gasteiger partial charge on any atom is -0.444 e. The number of hydrogen-bond acceptors (Lipinski definition) is 8. The Bertz CT molecular complexity index is 1540. The summed E-state index contributed by atoms with van der Waals surface area (Å²) in [6.07, 6.45) is 5.33. The second-order valence-electron chi connectivity index (χ2n) is 11.2. The summed E-state index contributed by atoms with van der Waals surface area (Å²) < 4.78 is 6.78. The molecule has 0 bridgehead atoms. The number of carbonyl (C=O) groups excluding carboxylic acids is 2. The largest absolute Gasteiger partial charge is 0.444 e. The van der Waals surface area contributed by atoms with Crippen molar-refractivity contribution >= 4 is 49.9 Å². The Morgan fingerprint density at radius 3 is 2.61 bits per heavy atom. The van der Waals surface area contributed by atoms with E-state index in [1.165, 1.54) is 0 Å².